The molecule has 25 heavy (non-hydrogen) atoms. The third kappa shape index (κ3) is 5.14. The Morgan fingerprint density at radius 2 is 2.08 bits per heavy atom. The second-order valence-corrected chi connectivity index (χ2v) is 7.08. The quantitative estimate of drug-likeness (QED) is 0.766. The summed E-state index contributed by atoms with van der Waals surface area (Å²) >= 11 is 0. The van der Waals surface area contributed by atoms with E-state index in [1.165, 1.54) is 18.5 Å². The zero-order chi connectivity index (χ0) is 17.6. The van der Waals surface area contributed by atoms with Crippen LogP contribution in [0.2, 0.25) is 0 Å². The van der Waals surface area contributed by atoms with Crippen molar-refractivity contribution in [2.75, 3.05) is 33.8 Å². The first-order chi connectivity index (χ1) is 12.1. The maximum atomic E-state index is 5.93. The van der Waals surface area contributed by atoms with E-state index >= 15 is 0 Å². The van der Waals surface area contributed by atoms with Gasteiger partial charge in [0, 0.05) is 56.4 Å². The van der Waals surface area contributed by atoms with E-state index < -0.39 is 0 Å². The minimum Gasteiger partial charge on any atom is -0.368 e. The molecule has 2 aromatic rings. The topological polar surface area (TPSA) is 73.1 Å². The van der Waals surface area contributed by atoms with E-state index in [4.69, 9.17) is 4.74 Å². The Kier molecular flexibility index (Phi) is 6.23. The van der Waals surface area contributed by atoms with E-state index in [0.717, 1.165) is 56.5 Å². The van der Waals surface area contributed by atoms with Crippen molar-refractivity contribution in [2.24, 2.45) is 0 Å². The fraction of sp³-hybridized carbons (Fsp3) is 0.667. The van der Waals surface area contributed by atoms with Crippen LogP contribution in [0.1, 0.15) is 48.9 Å². The Balaban J connectivity index is 1.55. The number of aryl methyl sites for hydroxylation is 1. The van der Waals surface area contributed by atoms with E-state index in [-0.39, 0.29) is 6.10 Å². The van der Waals surface area contributed by atoms with Crippen molar-refractivity contribution in [1.29, 1.82) is 0 Å². The minimum absolute atomic E-state index is 0.00662. The summed E-state index contributed by atoms with van der Waals surface area (Å²) in [4.78, 5) is 20.4. The number of rotatable bonds is 8. The third-order valence-electron chi connectivity index (χ3n) is 4.43. The first kappa shape index (κ1) is 18.1. The van der Waals surface area contributed by atoms with E-state index in [1.54, 1.807) is 0 Å². The smallest absolute Gasteiger partial charge is 0.136 e. The Bertz CT molecular complexity index is 650. The van der Waals surface area contributed by atoms with Crippen LogP contribution in [0, 0.1) is 0 Å². The number of morpholine rings is 1. The Hall–Kier alpha value is -1.70. The van der Waals surface area contributed by atoms with Crippen LogP contribution in [-0.4, -0.2) is 63.5 Å². The summed E-state index contributed by atoms with van der Waals surface area (Å²) < 4.78 is 5.93. The predicted molar refractivity (Wildman–Crippen MR) is 97.1 cm³/mol. The van der Waals surface area contributed by atoms with Gasteiger partial charge in [-0.3, -0.25) is 4.90 Å². The largest absolute Gasteiger partial charge is 0.368 e. The van der Waals surface area contributed by atoms with Gasteiger partial charge in [0.25, 0.3) is 0 Å². The number of ether oxygens (including phenoxy) is 1. The molecular formula is C18H30N6O. The molecule has 1 aliphatic rings. The van der Waals surface area contributed by atoms with Crippen LogP contribution < -0.4 is 0 Å². The third-order valence-corrected chi connectivity index (χ3v) is 4.43. The van der Waals surface area contributed by atoms with Crippen LogP contribution in [0.5, 0.6) is 0 Å². The van der Waals surface area contributed by atoms with Gasteiger partial charge in [0.05, 0.1) is 6.61 Å². The molecule has 0 bridgehead atoms. The number of nitrogens with one attached hydrogen (secondary N) is 2. The second-order valence-electron chi connectivity index (χ2n) is 7.08. The molecule has 0 radical (unpaired) electrons. The number of unbranched alkanes of at least 4 members (excludes halogenated alkanes) is 1. The predicted octanol–water partition coefficient (Wildman–Crippen LogP) is 2.11. The van der Waals surface area contributed by atoms with Gasteiger partial charge < -0.3 is 19.6 Å². The minimum atomic E-state index is 0.00662. The Morgan fingerprint density at radius 1 is 1.24 bits per heavy atom. The standard InChI is InChI=1S/C18H30N6O/c1-4-5-6-17-19-9-15(21-17)12-24-7-8-25-16(13-24)18-20-10-14(22-18)11-23(2)3/h9-10,16H,4-8,11-13H2,1-3H3,(H,19,21)(H,20,22)/t16-/m1/s1. The molecule has 1 saturated heterocycles. The molecular weight excluding hydrogens is 316 g/mol. The van der Waals surface area contributed by atoms with Gasteiger partial charge in [-0.15, -0.1) is 0 Å². The molecule has 1 aliphatic heterocycles. The number of hydrogen-bond acceptors (Lipinski definition) is 5. The number of hydrogen-bond donors (Lipinski definition) is 2. The van der Waals surface area contributed by atoms with Crippen molar-refractivity contribution in [2.45, 2.75) is 45.4 Å². The normalized spacial score (nSPS) is 19.0. The van der Waals surface area contributed by atoms with Gasteiger partial charge in [0.15, 0.2) is 0 Å². The van der Waals surface area contributed by atoms with Gasteiger partial charge in [0.2, 0.25) is 0 Å². The van der Waals surface area contributed by atoms with Gasteiger partial charge in [-0.1, -0.05) is 13.3 Å². The molecule has 1 fully saturated rings. The van der Waals surface area contributed by atoms with Crippen molar-refractivity contribution in [1.82, 2.24) is 29.7 Å². The molecule has 2 aromatic heterocycles. The maximum Gasteiger partial charge on any atom is 0.136 e. The zero-order valence-electron chi connectivity index (χ0n) is 15.6. The summed E-state index contributed by atoms with van der Waals surface area (Å²) in [5, 5.41) is 0. The lowest BCUT2D eigenvalue weighted by atomic mass is 10.2. The molecule has 0 saturated carbocycles. The van der Waals surface area contributed by atoms with Crippen LogP contribution in [0.3, 0.4) is 0 Å². The number of imidazole rings is 2. The summed E-state index contributed by atoms with van der Waals surface area (Å²) in [5.41, 5.74) is 2.30. The van der Waals surface area contributed by atoms with Gasteiger partial charge in [-0.2, -0.15) is 0 Å². The molecule has 0 spiro atoms. The summed E-state index contributed by atoms with van der Waals surface area (Å²) in [6.07, 6.45) is 7.29. The Morgan fingerprint density at radius 3 is 2.88 bits per heavy atom. The van der Waals surface area contributed by atoms with Gasteiger partial charge in [-0.25, -0.2) is 9.97 Å². The summed E-state index contributed by atoms with van der Waals surface area (Å²) in [7, 11) is 4.11. The van der Waals surface area contributed by atoms with Crippen molar-refractivity contribution in [3.05, 3.63) is 35.4 Å². The lowest BCUT2D eigenvalue weighted by Crippen LogP contribution is -2.38. The molecule has 0 unspecified atom stereocenters. The van der Waals surface area contributed by atoms with E-state index in [0.29, 0.717) is 0 Å². The van der Waals surface area contributed by atoms with Gasteiger partial charge in [0.1, 0.15) is 17.8 Å². The van der Waals surface area contributed by atoms with Crippen molar-refractivity contribution in [3.8, 4) is 0 Å². The summed E-state index contributed by atoms with van der Waals surface area (Å²) in [6, 6.07) is 0. The molecule has 7 heteroatoms. The maximum absolute atomic E-state index is 5.93. The first-order valence-electron chi connectivity index (χ1n) is 9.19. The number of nitrogens with zero attached hydrogens (tertiary/aromatic N) is 4. The number of aromatic nitrogens is 4. The van der Waals surface area contributed by atoms with Crippen molar-refractivity contribution < 1.29 is 4.74 Å². The van der Waals surface area contributed by atoms with Gasteiger partial charge in [-0.05, 0) is 20.5 Å². The number of aromatic amines is 2. The monoisotopic (exact) mass is 346 g/mol. The van der Waals surface area contributed by atoms with E-state index in [9.17, 15) is 0 Å². The summed E-state index contributed by atoms with van der Waals surface area (Å²) in [6.45, 7) is 6.45. The van der Waals surface area contributed by atoms with E-state index in [1.807, 2.05) is 12.4 Å². The SMILES string of the molecule is CCCCc1ncc(CN2CCO[C@@H](c3ncc(CN(C)C)[nH]3)C2)[nH]1. The van der Waals surface area contributed by atoms with Crippen LogP contribution >= 0.6 is 0 Å². The van der Waals surface area contributed by atoms with Crippen LogP contribution in [0.4, 0.5) is 0 Å². The first-order valence-corrected chi connectivity index (χ1v) is 9.19. The molecule has 1 atom stereocenters. The van der Waals surface area contributed by atoms with Crippen LogP contribution in [0.15, 0.2) is 12.4 Å². The molecule has 3 heterocycles. The van der Waals surface area contributed by atoms with E-state index in [2.05, 4.69) is 50.8 Å². The van der Waals surface area contributed by atoms with Crippen molar-refractivity contribution in [3.63, 3.8) is 0 Å². The summed E-state index contributed by atoms with van der Waals surface area (Å²) in [5.74, 6) is 2.02. The molecule has 0 amide bonds. The van der Waals surface area contributed by atoms with Gasteiger partial charge >= 0.3 is 0 Å². The molecule has 138 valence electrons. The Labute approximate surface area is 149 Å². The molecule has 2 N–H and O–H groups in total. The molecule has 3 rings (SSSR count). The fourth-order valence-corrected chi connectivity index (χ4v) is 3.17. The van der Waals surface area contributed by atoms with Crippen LogP contribution in [0.25, 0.3) is 0 Å². The van der Waals surface area contributed by atoms with Crippen molar-refractivity contribution >= 4 is 0 Å². The fourth-order valence-electron chi connectivity index (χ4n) is 3.17. The highest BCUT2D eigenvalue weighted by Crippen LogP contribution is 2.21. The molecule has 7 nitrogen and oxygen atoms in total. The lowest BCUT2D eigenvalue weighted by molar-refractivity contribution is -0.0372. The lowest BCUT2D eigenvalue weighted by Gasteiger charge is -2.31. The second kappa shape index (κ2) is 8.60. The number of H-pyrrole nitrogens is 2. The highest BCUT2D eigenvalue weighted by atomic mass is 16.5. The highest BCUT2D eigenvalue weighted by molar-refractivity contribution is 5.06. The highest BCUT2D eigenvalue weighted by Gasteiger charge is 2.24. The zero-order valence-corrected chi connectivity index (χ0v) is 15.6. The molecule has 0 aromatic carbocycles. The average Bonchev–Trinajstić information content (AvgIpc) is 3.22. The molecule has 0 aliphatic carbocycles. The van der Waals surface area contributed by atoms with Crippen LogP contribution in [-0.2, 0) is 24.2 Å². The average molecular weight is 346 g/mol.